The molecule has 0 bridgehead atoms. The van der Waals surface area contributed by atoms with E-state index >= 15 is 0 Å². The average Bonchev–Trinajstić information content (AvgIpc) is 2.65. The summed E-state index contributed by atoms with van der Waals surface area (Å²) < 4.78 is 36.8. The van der Waals surface area contributed by atoms with E-state index in [-0.39, 0.29) is 0 Å². The van der Waals surface area contributed by atoms with Gasteiger partial charge in [0.15, 0.2) is 0 Å². The Hall–Kier alpha value is -0.350. The lowest BCUT2D eigenvalue weighted by Crippen LogP contribution is -2.19. The third-order valence-corrected chi connectivity index (χ3v) is 3.88. The Kier molecular flexibility index (Phi) is 5.32. The summed E-state index contributed by atoms with van der Waals surface area (Å²) in [4.78, 5) is 0.321. The maximum atomic E-state index is 11.3. The summed E-state index contributed by atoms with van der Waals surface area (Å²) in [7, 11) is 1.31. The molecule has 0 N–H and O–H groups in total. The van der Waals surface area contributed by atoms with Crippen LogP contribution in [0.3, 0.4) is 0 Å². The van der Waals surface area contributed by atoms with Crippen molar-refractivity contribution < 1.29 is 16.8 Å². The van der Waals surface area contributed by atoms with Gasteiger partial charge in [0.1, 0.15) is 0 Å². The van der Waals surface area contributed by atoms with Gasteiger partial charge in [0.05, 0.1) is 13.7 Å². The zero-order valence-electron chi connectivity index (χ0n) is 8.11. The molecule has 2 unspecified atom stereocenters. The minimum Gasteiger partial charge on any atom is -0.277 e. The Balaban J connectivity index is 2.99. The predicted molar refractivity (Wildman–Crippen MR) is 58.2 cm³/mol. The van der Waals surface area contributed by atoms with Crippen molar-refractivity contribution in [2.75, 3.05) is 13.7 Å². The van der Waals surface area contributed by atoms with Crippen molar-refractivity contribution in [2.24, 2.45) is 4.40 Å². The minimum absolute atomic E-state index is 0.300. The molecule has 1 heterocycles. The summed E-state index contributed by atoms with van der Waals surface area (Å²) in [5.74, 6) is 0. The molecule has 0 aliphatic heterocycles. The van der Waals surface area contributed by atoms with Crippen LogP contribution < -0.4 is 4.80 Å². The Morgan fingerprint density at radius 1 is 1.60 bits per heavy atom. The molecule has 0 spiro atoms. The van der Waals surface area contributed by atoms with Gasteiger partial charge in [-0.3, -0.25) is 8.37 Å². The molecule has 0 fully saturated rings. The smallest absolute Gasteiger partial charge is 0.277 e. The predicted octanol–water partition coefficient (Wildman–Crippen LogP) is 0.139. The van der Waals surface area contributed by atoms with Gasteiger partial charge >= 0.3 is 0 Å². The van der Waals surface area contributed by atoms with Crippen LogP contribution in [0, 0.1) is 0 Å². The first-order chi connectivity index (χ1) is 7.19. The first-order valence-corrected chi connectivity index (χ1v) is 6.86. The van der Waals surface area contributed by atoms with Crippen molar-refractivity contribution in [2.45, 2.75) is 6.92 Å². The van der Waals surface area contributed by atoms with E-state index in [4.69, 9.17) is 4.18 Å². The van der Waals surface area contributed by atoms with Gasteiger partial charge in [0, 0.05) is 11.6 Å². The van der Waals surface area contributed by atoms with E-state index in [0.29, 0.717) is 11.4 Å². The largest absolute Gasteiger partial charge is 0.287 e. The Labute approximate surface area is 96.2 Å². The SMILES string of the molecule is CCOS(=O)/N=c1/sccn1S(=O)OC. The molecule has 0 radical (unpaired) electrons. The molecule has 0 saturated carbocycles. The van der Waals surface area contributed by atoms with E-state index in [1.54, 1.807) is 12.3 Å². The van der Waals surface area contributed by atoms with Crippen LogP contribution in [0.1, 0.15) is 6.92 Å². The van der Waals surface area contributed by atoms with E-state index in [0.717, 1.165) is 0 Å². The molecule has 15 heavy (non-hydrogen) atoms. The number of rotatable bonds is 5. The summed E-state index contributed by atoms with van der Waals surface area (Å²) >= 11 is -2.20. The zero-order valence-corrected chi connectivity index (χ0v) is 10.6. The fraction of sp³-hybridized carbons (Fsp3) is 0.500. The quantitative estimate of drug-likeness (QED) is 0.763. The summed E-state index contributed by atoms with van der Waals surface area (Å²) in [5, 5.41) is 1.67. The molecule has 86 valence electrons. The maximum absolute atomic E-state index is 11.3. The molecule has 1 aromatic heterocycles. The Morgan fingerprint density at radius 3 is 2.93 bits per heavy atom. The maximum Gasteiger partial charge on any atom is 0.287 e. The van der Waals surface area contributed by atoms with Crippen molar-refractivity contribution in [3.63, 3.8) is 0 Å². The summed E-state index contributed by atoms with van der Waals surface area (Å²) in [6, 6.07) is 0. The molecule has 6 nitrogen and oxygen atoms in total. The standard InChI is InChI=1S/C6H10N2O4S3/c1-3-12-14(9)7-6-8(4-5-13-6)15(10)11-2/h4-5H,3H2,1-2H3/b7-6+. The third-order valence-electron chi connectivity index (χ3n) is 1.23. The Morgan fingerprint density at radius 2 is 2.33 bits per heavy atom. The van der Waals surface area contributed by atoms with Gasteiger partial charge in [-0.25, -0.2) is 12.4 Å². The fourth-order valence-electron chi connectivity index (χ4n) is 0.709. The number of hydrogen-bond donors (Lipinski definition) is 0. The van der Waals surface area contributed by atoms with Crippen LogP contribution in [0.15, 0.2) is 16.0 Å². The van der Waals surface area contributed by atoms with E-state index in [1.165, 1.54) is 28.6 Å². The molecule has 0 aromatic carbocycles. The fourth-order valence-corrected chi connectivity index (χ4v) is 2.93. The second-order valence-corrected chi connectivity index (χ2v) is 5.00. The molecule has 0 saturated heterocycles. The van der Waals surface area contributed by atoms with Gasteiger partial charge < -0.3 is 0 Å². The number of hydrogen-bond acceptors (Lipinski definition) is 5. The molecule has 1 aromatic rings. The number of nitrogens with zero attached hydrogens (tertiary/aromatic N) is 2. The van der Waals surface area contributed by atoms with Gasteiger partial charge in [-0.05, 0) is 6.92 Å². The van der Waals surface area contributed by atoms with Gasteiger partial charge in [-0.2, -0.15) is 0 Å². The molecular formula is C6H10N2O4S3. The topological polar surface area (TPSA) is 69.9 Å². The van der Waals surface area contributed by atoms with Crippen LogP contribution in [0.4, 0.5) is 0 Å². The highest BCUT2D eigenvalue weighted by molar-refractivity contribution is 7.79. The average molecular weight is 270 g/mol. The van der Waals surface area contributed by atoms with E-state index in [1.807, 2.05) is 0 Å². The monoisotopic (exact) mass is 270 g/mol. The van der Waals surface area contributed by atoms with Gasteiger partial charge in [-0.1, -0.05) is 0 Å². The highest BCUT2D eigenvalue weighted by atomic mass is 32.2. The van der Waals surface area contributed by atoms with E-state index < -0.39 is 22.5 Å². The highest BCUT2D eigenvalue weighted by Crippen LogP contribution is 1.95. The van der Waals surface area contributed by atoms with E-state index in [2.05, 4.69) is 8.58 Å². The Bertz CT molecular complexity index is 424. The number of aromatic nitrogens is 1. The molecule has 0 aliphatic carbocycles. The third kappa shape index (κ3) is 3.61. The van der Waals surface area contributed by atoms with Crippen LogP contribution in [0.25, 0.3) is 0 Å². The van der Waals surface area contributed by atoms with Crippen LogP contribution in [-0.4, -0.2) is 26.1 Å². The van der Waals surface area contributed by atoms with Crippen molar-refractivity contribution >= 4 is 33.9 Å². The van der Waals surface area contributed by atoms with Gasteiger partial charge in [0.25, 0.3) is 22.5 Å². The summed E-state index contributed by atoms with van der Waals surface area (Å²) in [6.45, 7) is 2.01. The van der Waals surface area contributed by atoms with Crippen LogP contribution in [0.2, 0.25) is 0 Å². The summed E-state index contributed by atoms with van der Waals surface area (Å²) in [6.07, 6.45) is 1.53. The van der Waals surface area contributed by atoms with Crippen molar-refractivity contribution in [1.82, 2.24) is 3.97 Å². The number of thiazole rings is 1. The van der Waals surface area contributed by atoms with Crippen LogP contribution in [0.5, 0.6) is 0 Å². The lowest BCUT2D eigenvalue weighted by Gasteiger charge is -1.97. The molecule has 1 rings (SSSR count). The van der Waals surface area contributed by atoms with E-state index in [9.17, 15) is 8.42 Å². The zero-order chi connectivity index (χ0) is 11.3. The highest BCUT2D eigenvalue weighted by Gasteiger charge is 2.04. The molecule has 0 aliphatic rings. The second-order valence-electron chi connectivity index (χ2n) is 2.11. The first kappa shape index (κ1) is 12.7. The second kappa shape index (κ2) is 6.28. The van der Waals surface area contributed by atoms with Crippen LogP contribution in [-0.2, 0) is 30.9 Å². The minimum atomic E-state index is -1.75. The molecule has 2 atom stereocenters. The summed E-state index contributed by atoms with van der Waals surface area (Å²) in [5.41, 5.74) is 0. The lowest BCUT2D eigenvalue weighted by molar-refractivity contribution is 0.372. The normalized spacial score (nSPS) is 16.5. The molecule has 9 heteroatoms. The first-order valence-electron chi connectivity index (χ1n) is 3.91. The molecule has 0 amide bonds. The van der Waals surface area contributed by atoms with Gasteiger partial charge in [-0.15, -0.1) is 15.7 Å². The van der Waals surface area contributed by atoms with Crippen molar-refractivity contribution in [1.29, 1.82) is 0 Å². The lowest BCUT2D eigenvalue weighted by atomic mass is 10.9. The molecular weight excluding hydrogens is 260 g/mol. The van der Waals surface area contributed by atoms with Crippen molar-refractivity contribution in [3.05, 3.63) is 16.4 Å². The van der Waals surface area contributed by atoms with Crippen molar-refractivity contribution in [3.8, 4) is 0 Å². The van der Waals surface area contributed by atoms with Crippen LogP contribution >= 0.6 is 11.3 Å². The van der Waals surface area contributed by atoms with Gasteiger partial charge in [0.2, 0.25) is 4.80 Å².